The van der Waals surface area contributed by atoms with Crippen molar-refractivity contribution in [3.63, 3.8) is 0 Å². The van der Waals surface area contributed by atoms with Crippen molar-refractivity contribution in [2.45, 2.75) is 4.90 Å². The number of carbonyl (C=O) groups is 2. The zero-order chi connectivity index (χ0) is 20.9. The molecule has 4 aromatic rings. The Bertz CT molecular complexity index is 1170. The van der Waals surface area contributed by atoms with Crippen molar-refractivity contribution >= 4 is 29.5 Å². The van der Waals surface area contributed by atoms with E-state index in [0.29, 0.717) is 22.6 Å². The Morgan fingerprint density at radius 2 is 1.43 bits per heavy atom. The molecule has 0 aliphatic carbocycles. The molecule has 3 aromatic carbocycles. The number of amides is 1. The molecule has 0 saturated heterocycles. The minimum Gasteiger partial charge on any atom is -0.403 e. The third-order valence-electron chi connectivity index (χ3n) is 4.43. The van der Waals surface area contributed by atoms with E-state index in [4.69, 9.17) is 4.42 Å². The van der Waals surface area contributed by atoms with Gasteiger partial charge in [-0.3, -0.25) is 14.9 Å². The van der Waals surface area contributed by atoms with Crippen molar-refractivity contribution in [2.24, 2.45) is 0 Å². The molecule has 0 bridgehead atoms. The minimum atomic E-state index is -0.401. The van der Waals surface area contributed by atoms with Gasteiger partial charge in [-0.1, -0.05) is 47.6 Å². The highest BCUT2D eigenvalue weighted by atomic mass is 32.2. The number of anilines is 1. The van der Waals surface area contributed by atoms with E-state index in [1.54, 1.807) is 48.2 Å². The number of aromatic nitrogens is 2. The Kier molecular flexibility index (Phi) is 5.72. The van der Waals surface area contributed by atoms with Gasteiger partial charge in [0.1, 0.15) is 0 Å². The second-order valence-corrected chi connectivity index (χ2v) is 7.25. The van der Waals surface area contributed by atoms with Crippen LogP contribution in [0.1, 0.15) is 26.3 Å². The number of hydrogen-bond acceptors (Lipinski definition) is 6. The number of nitrogens with zero attached hydrogens (tertiary/aromatic N) is 2. The Morgan fingerprint density at radius 3 is 2.10 bits per heavy atom. The lowest BCUT2D eigenvalue weighted by Crippen LogP contribution is -2.12. The van der Waals surface area contributed by atoms with Crippen LogP contribution in [0.5, 0.6) is 0 Å². The third kappa shape index (κ3) is 4.31. The minimum absolute atomic E-state index is 0.00776. The van der Waals surface area contributed by atoms with Gasteiger partial charge >= 0.3 is 6.01 Å². The standard InChI is InChI=1S/C23H17N3O3S/c1-30-19-13-11-18(12-14-19)22-25-26-23(29-22)24-21(28)17-9-7-16(8-10-17)20(27)15-5-3-2-4-6-15/h2-14H,1H3,(H,24,26,28). The molecule has 7 heteroatoms. The molecule has 0 aliphatic rings. The Labute approximate surface area is 177 Å². The number of rotatable bonds is 6. The number of ketones is 1. The summed E-state index contributed by atoms with van der Waals surface area (Å²) in [7, 11) is 0. The van der Waals surface area contributed by atoms with E-state index in [2.05, 4.69) is 15.5 Å². The second kappa shape index (κ2) is 8.75. The summed E-state index contributed by atoms with van der Waals surface area (Å²) in [6, 6.07) is 23.1. The smallest absolute Gasteiger partial charge is 0.322 e. The van der Waals surface area contributed by atoms with E-state index in [-0.39, 0.29) is 11.8 Å². The van der Waals surface area contributed by atoms with Crippen LogP contribution in [-0.2, 0) is 0 Å². The fourth-order valence-corrected chi connectivity index (χ4v) is 3.23. The SMILES string of the molecule is CSc1ccc(-c2nnc(NC(=O)c3ccc(C(=O)c4ccccc4)cc3)o2)cc1. The Morgan fingerprint density at radius 1 is 0.800 bits per heavy atom. The number of carbonyl (C=O) groups excluding carboxylic acids is 2. The van der Waals surface area contributed by atoms with E-state index in [1.165, 1.54) is 0 Å². The fourth-order valence-electron chi connectivity index (χ4n) is 2.82. The first-order valence-corrected chi connectivity index (χ1v) is 10.4. The molecule has 1 N–H and O–H groups in total. The fraction of sp³-hybridized carbons (Fsp3) is 0.0435. The zero-order valence-electron chi connectivity index (χ0n) is 16.0. The summed E-state index contributed by atoms with van der Waals surface area (Å²) >= 11 is 1.64. The van der Waals surface area contributed by atoms with E-state index in [9.17, 15) is 9.59 Å². The summed E-state index contributed by atoms with van der Waals surface area (Å²) in [4.78, 5) is 26.1. The van der Waals surface area contributed by atoms with Crippen LogP contribution in [0.25, 0.3) is 11.5 Å². The van der Waals surface area contributed by atoms with E-state index in [0.717, 1.165) is 10.5 Å². The van der Waals surface area contributed by atoms with Crippen molar-refractivity contribution in [2.75, 3.05) is 11.6 Å². The Balaban J connectivity index is 1.44. The maximum atomic E-state index is 12.5. The quantitative estimate of drug-likeness (QED) is 0.355. The van der Waals surface area contributed by atoms with Gasteiger partial charge in [0.25, 0.3) is 5.91 Å². The lowest BCUT2D eigenvalue weighted by Gasteiger charge is -2.04. The molecule has 0 saturated carbocycles. The molecule has 0 unspecified atom stereocenters. The van der Waals surface area contributed by atoms with Crippen molar-refractivity contribution in [3.05, 3.63) is 95.6 Å². The van der Waals surface area contributed by atoms with Gasteiger partial charge in [-0.25, -0.2) is 0 Å². The molecule has 30 heavy (non-hydrogen) atoms. The van der Waals surface area contributed by atoms with Crippen molar-refractivity contribution in [1.29, 1.82) is 0 Å². The number of hydrogen-bond donors (Lipinski definition) is 1. The molecule has 6 nitrogen and oxygen atoms in total. The molecule has 1 amide bonds. The summed E-state index contributed by atoms with van der Waals surface area (Å²) in [5, 5.41) is 10.4. The number of benzene rings is 3. The number of nitrogens with one attached hydrogen (secondary N) is 1. The van der Waals surface area contributed by atoms with Gasteiger partial charge in [0, 0.05) is 27.1 Å². The maximum absolute atomic E-state index is 12.5. The van der Waals surface area contributed by atoms with Crippen molar-refractivity contribution in [3.8, 4) is 11.5 Å². The molecule has 0 spiro atoms. The molecule has 0 radical (unpaired) electrons. The van der Waals surface area contributed by atoms with Crippen LogP contribution in [0.3, 0.4) is 0 Å². The maximum Gasteiger partial charge on any atom is 0.322 e. The topological polar surface area (TPSA) is 85.1 Å². The van der Waals surface area contributed by atoms with Crippen LogP contribution < -0.4 is 5.32 Å². The second-order valence-electron chi connectivity index (χ2n) is 6.37. The first-order chi connectivity index (χ1) is 14.6. The highest BCUT2D eigenvalue weighted by Crippen LogP contribution is 2.23. The van der Waals surface area contributed by atoms with Gasteiger partial charge in [-0.15, -0.1) is 16.9 Å². The van der Waals surface area contributed by atoms with Gasteiger partial charge in [0.05, 0.1) is 0 Å². The first-order valence-electron chi connectivity index (χ1n) is 9.13. The number of thioether (sulfide) groups is 1. The summed E-state index contributed by atoms with van der Waals surface area (Å²) in [5.74, 6) is -0.181. The van der Waals surface area contributed by atoms with Gasteiger partial charge in [0.15, 0.2) is 5.78 Å². The van der Waals surface area contributed by atoms with Crippen LogP contribution in [0.4, 0.5) is 6.01 Å². The lowest BCUT2D eigenvalue weighted by molar-refractivity contribution is 0.101. The highest BCUT2D eigenvalue weighted by molar-refractivity contribution is 7.98. The summed E-state index contributed by atoms with van der Waals surface area (Å²) in [6.45, 7) is 0. The molecule has 0 fully saturated rings. The molecule has 0 aliphatic heterocycles. The highest BCUT2D eigenvalue weighted by Gasteiger charge is 2.14. The van der Waals surface area contributed by atoms with Crippen molar-refractivity contribution < 1.29 is 14.0 Å². The molecule has 4 rings (SSSR count). The molecular formula is C23H17N3O3S. The van der Waals surface area contributed by atoms with Gasteiger partial charge in [-0.2, -0.15) is 0 Å². The summed E-state index contributed by atoms with van der Waals surface area (Å²) in [6.07, 6.45) is 2.00. The monoisotopic (exact) mass is 415 g/mol. The van der Waals surface area contributed by atoms with E-state index in [1.807, 2.05) is 48.7 Å². The van der Waals surface area contributed by atoms with Crippen LogP contribution >= 0.6 is 11.8 Å². The normalized spacial score (nSPS) is 10.6. The average Bonchev–Trinajstić information content (AvgIpc) is 3.27. The van der Waals surface area contributed by atoms with Gasteiger partial charge in [-0.05, 0) is 42.7 Å². The summed E-state index contributed by atoms with van der Waals surface area (Å²) < 4.78 is 5.54. The van der Waals surface area contributed by atoms with Crippen LogP contribution in [0.15, 0.2) is 88.2 Å². The van der Waals surface area contributed by atoms with E-state index >= 15 is 0 Å². The molecule has 1 heterocycles. The largest absolute Gasteiger partial charge is 0.403 e. The Hall–Kier alpha value is -3.71. The average molecular weight is 415 g/mol. The van der Waals surface area contributed by atoms with Crippen LogP contribution in [0.2, 0.25) is 0 Å². The van der Waals surface area contributed by atoms with Gasteiger partial charge < -0.3 is 4.42 Å². The van der Waals surface area contributed by atoms with E-state index < -0.39 is 5.91 Å². The van der Waals surface area contributed by atoms with Crippen molar-refractivity contribution in [1.82, 2.24) is 10.2 Å². The first kappa shape index (κ1) is 19.6. The zero-order valence-corrected chi connectivity index (χ0v) is 16.8. The van der Waals surface area contributed by atoms with Gasteiger partial charge in [0.2, 0.25) is 5.89 Å². The lowest BCUT2D eigenvalue weighted by atomic mass is 10.0. The molecular weight excluding hydrogens is 398 g/mol. The van der Waals surface area contributed by atoms with Crippen LogP contribution in [0, 0.1) is 0 Å². The summed E-state index contributed by atoms with van der Waals surface area (Å²) in [5.41, 5.74) is 2.25. The predicted molar refractivity (Wildman–Crippen MR) is 116 cm³/mol. The van der Waals surface area contributed by atoms with Crippen LogP contribution in [-0.4, -0.2) is 28.1 Å². The molecule has 1 aromatic heterocycles. The third-order valence-corrected chi connectivity index (χ3v) is 5.17. The molecule has 148 valence electrons. The molecule has 0 atom stereocenters. The predicted octanol–water partition coefficient (Wildman–Crippen LogP) is 4.94.